The Bertz CT molecular complexity index is 1190. The van der Waals surface area contributed by atoms with Crippen LogP contribution in [0.2, 0.25) is 10.0 Å². The minimum absolute atomic E-state index is 0.0737. The molecule has 1 atom stereocenters. The predicted molar refractivity (Wildman–Crippen MR) is 148 cm³/mol. The number of hydrogen-bond acceptors (Lipinski definition) is 4. The van der Waals surface area contributed by atoms with Crippen LogP contribution in [0.4, 0.5) is 5.69 Å². The Balaban J connectivity index is 1.93. The van der Waals surface area contributed by atoms with E-state index >= 15 is 0 Å². The van der Waals surface area contributed by atoms with Crippen molar-refractivity contribution >= 4 is 66.7 Å². The molecule has 0 saturated heterocycles. The highest BCUT2D eigenvalue weighted by Crippen LogP contribution is 2.26. The molecule has 2 amide bonds. The Labute approximate surface area is 231 Å². The first-order valence-electron chi connectivity index (χ1n) is 11.8. The molecule has 2 aromatic rings. The number of rotatable bonds is 10. The maximum absolute atomic E-state index is 13.7. The first kappa shape index (κ1) is 28.8. The zero-order chi connectivity index (χ0) is 26.5. The van der Waals surface area contributed by atoms with Crippen LogP contribution < -0.4 is 9.62 Å². The molecule has 11 heteroatoms. The van der Waals surface area contributed by atoms with Crippen molar-refractivity contribution < 1.29 is 18.0 Å². The molecule has 1 aliphatic carbocycles. The van der Waals surface area contributed by atoms with E-state index in [2.05, 4.69) is 21.2 Å². The maximum atomic E-state index is 13.7. The third kappa shape index (κ3) is 7.60. The SMILES string of the molecule is CC[C@H](C(=O)NC1CCCC1)N(Cc1ccc(Cl)c(Cl)c1)C(=O)CN(c1ccc(Br)cc1)S(C)(=O)=O. The van der Waals surface area contributed by atoms with Crippen LogP contribution in [0.5, 0.6) is 0 Å². The van der Waals surface area contributed by atoms with Crippen molar-refractivity contribution in [2.24, 2.45) is 0 Å². The van der Waals surface area contributed by atoms with E-state index in [-0.39, 0.29) is 18.5 Å². The van der Waals surface area contributed by atoms with E-state index in [4.69, 9.17) is 23.2 Å². The van der Waals surface area contributed by atoms with Crippen molar-refractivity contribution in [3.63, 3.8) is 0 Å². The van der Waals surface area contributed by atoms with Gasteiger partial charge in [0, 0.05) is 17.1 Å². The van der Waals surface area contributed by atoms with E-state index in [1.807, 2.05) is 6.92 Å². The van der Waals surface area contributed by atoms with E-state index < -0.39 is 28.5 Å². The summed E-state index contributed by atoms with van der Waals surface area (Å²) in [4.78, 5) is 28.4. The van der Waals surface area contributed by atoms with Crippen molar-refractivity contribution in [2.75, 3.05) is 17.1 Å². The smallest absolute Gasteiger partial charge is 0.244 e. The lowest BCUT2D eigenvalue weighted by Gasteiger charge is -2.33. The number of nitrogens with zero attached hydrogens (tertiary/aromatic N) is 2. The lowest BCUT2D eigenvalue weighted by atomic mass is 10.1. The zero-order valence-electron chi connectivity index (χ0n) is 20.2. The van der Waals surface area contributed by atoms with Gasteiger partial charge < -0.3 is 10.2 Å². The quantitative estimate of drug-likeness (QED) is 0.387. The number of hydrogen-bond donors (Lipinski definition) is 1. The molecule has 0 aliphatic heterocycles. The normalized spacial score (nSPS) is 14.9. The summed E-state index contributed by atoms with van der Waals surface area (Å²) in [7, 11) is -3.78. The Morgan fingerprint density at radius 2 is 1.72 bits per heavy atom. The molecule has 2 aromatic carbocycles. The van der Waals surface area contributed by atoms with Gasteiger partial charge in [0.1, 0.15) is 12.6 Å². The lowest BCUT2D eigenvalue weighted by Crippen LogP contribution is -2.53. The molecular weight excluding hydrogens is 589 g/mol. The third-order valence-electron chi connectivity index (χ3n) is 6.22. The largest absolute Gasteiger partial charge is 0.352 e. The van der Waals surface area contributed by atoms with Crippen LogP contribution in [0.25, 0.3) is 0 Å². The van der Waals surface area contributed by atoms with E-state index in [9.17, 15) is 18.0 Å². The summed E-state index contributed by atoms with van der Waals surface area (Å²) in [5.41, 5.74) is 1.03. The Kier molecular flexibility index (Phi) is 10.1. The van der Waals surface area contributed by atoms with Crippen LogP contribution in [-0.4, -0.2) is 50.0 Å². The Hall–Kier alpha value is -1.81. The topological polar surface area (TPSA) is 86.8 Å². The molecule has 36 heavy (non-hydrogen) atoms. The Morgan fingerprint density at radius 1 is 1.08 bits per heavy atom. The molecule has 1 N–H and O–H groups in total. The van der Waals surface area contributed by atoms with Crippen LogP contribution in [0, 0.1) is 0 Å². The van der Waals surface area contributed by atoms with Crippen molar-refractivity contribution in [1.82, 2.24) is 10.2 Å². The minimum Gasteiger partial charge on any atom is -0.352 e. The van der Waals surface area contributed by atoms with Crippen LogP contribution in [0.15, 0.2) is 46.9 Å². The van der Waals surface area contributed by atoms with Crippen LogP contribution >= 0.6 is 39.1 Å². The van der Waals surface area contributed by atoms with E-state index in [1.165, 1.54) is 4.90 Å². The van der Waals surface area contributed by atoms with Gasteiger partial charge in [-0.25, -0.2) is 8.42 Å². The molecule has 0 bridgehead atoms. The first-order chi connectivity index (χ1) is 17.0. The molecule has 0 radical (unpaired) electrons. The van der Waals surface area contributed by atoms with Gasteiger partial charge in [-0.3, -0.25) is 13.9 Å². The fourth-order valence-electron chi connectivity index (χ4n) is 4.34. The summed E-state index contributed by atoms with van der Waals surface area (Å²) in [5, 5.41) is 3.78. The van der Waals surface area contributed by atoms with Gasteiger partial charge >= 0.3 is 0 Å². The second-order valence-corrected chi connectivity index (χ2v) is 12.6. The lowest BCUT2D eigenvalue weighted by molar-refractivity contribution is -0.140. The average molecular weight is 619 g/mol. The number of anilines is 1. The summed E-state index contributed by atoms with van der Waals surface area (Å²) < 4.78 is 27.1. The van der Waals surface area contributed by atoms with E-state index in [0.717, 1.165) is 40.7 Å². The van der Waals surface area contributed by atoms with Gasteiger partial charge in [0.05, 0.1) is 22.0 Å². The number of nitrogens with one attached hydrogen (secondary N) is 1. The van der Waals surface area contributed by atoms with Crippen molar-refractivity contribution in [3.05, 3.63) is 62.5 Å². The standard InChI is InChI=1S/C25H30BrCl2N3O4S/c1-3-23(25(33)29-19-6-4-5-7-19)30(15-17-8-13-21(27)22(28)14-17)24(32)16-31(36(2,34)35)20-11-9-18(26)10-12-20/h8-14,19,23H,3-7,15-16H2,1-2H3,(H,29,33)/t23-/m1/s1. The third-order valence-corrected chi connectivity index (χ3v) is 8.63. The number of halogens is 3. The van der Waals surface area contributed by atoms with Crippen molar-refractivity contribution in [1.29, 1.82) is 0 Å². The number of carbonyl (C=O) groups is 2. The summed E-state index contributed by atoms with van der Waals surface area (Å²) in [6.45, 7) is 1.45. The van der Waals surface area contributed by atoms with E-state index in [0.29, 0.717) is 27.7 Å². The molecule has 1 aliphatic rings. The van der Waals surface area contributed by atoms with Gasteiger partial charge in [-0.05, 0) is 61.2 Å². The number of benzene rings is 2. The molecule has 0 heterocycles. The number of amides is 2. The molecule has 7 nitrogen and oxygen atoms in total. The Morgan fingerprint density at radius 3 is 2.28 bits per heavy atom. The van der Waals surface area contributed by atoms with Gasteiger partial charge in [0.2, 0.25) is 21.8 Å². The summed E-state index contributed by atoms with van der Waals surface area (Å²) in [5.74, 6) is -0.741. The average Bonchev–Trinajstić information content (AvgIpc) is 3.32. The van der Waals surface area contributed by atoms with Crippen LogP contribution in [-0.2, 0) is 26.2 Å². The van der Waals surface area contributed by atoms with Crippen LogP contribution in [0.1, 0.15) is 44.6 Å². The predicted octanol–water partition coefficient (Wildman–Crippen LogP) is 5.39. The summed E-state index contributed by atoms with van der Waals surface area (Å²) in [6, 6.07) is 11.0. The molecule has 1 saturated carbocycles. The highest BCUT2D eigenvalue weighted by atomic mass is 79.9. The highest BCUT2D eigenvalue weighted by Gasteiger charge is 2.33. The van der Waals surface area contributed by atoms with Gasteiger partial charge in [0.25, 0.3) is 0 Å². The van der Waals surface area contributed by atoms with Crippen molar-refractivity contribution in [3.8, 4) is 0 Å². The van der Waals surface area contributed by atoms with Gasteiger partial charge in [0.15, 0.2) is 0 Å². The second-order valence-electron chi connectivity index (χ2n) is 8.93. The summed E-state index contributed by atoms with van der Waals surface area (Å²) in [6.07, 6.45) is 5.36. The molecule has 196 valence electrons. The number of carbonyl (C=O) groups excluding carboxylic acids is 2. The minimum atomic E-state index is -3.78. The first-order valence-corrected chi connectivity index (χ1v) is 15.2. The zero-order valence-corrected chi connectivity index (χ0v) is 24.1. The van der Waals surface area contributed by atoms with Gasteiger partial charge in [-0.2, -0.15) is 0 Å². The van der Waals surface area contributed by atoms with Gasteiger partial charge in [-0.1, -0.05) is 65.0 Å². The molecular formula is C25H30BrCl2N3O4S. The fraction of sp³-hybridized carbons (Fsp3) is 0.440. The maximum Gasteiger partial charge on any atom is 0.244 e. The molecule has 0 unspecified atom stereocenters. The molecule has 0 spiro atoms. The molecule has 0 aromatic heterocycles. The highest BCUT2D eigenvalue weighted by molar-refractivity contribution is 9.10. The van der Waals surface area contributed by atoms with E-state index in [1.54, 1.807) is 42.5 Å². The van der Waals surface area contributed by atoms with Gasteiger partial charge in [-0.15, -0.1) is 0 Å². The fourth-order valence-corrected chi connectivity index (χ4v) is 5.78. The second kappa shape index (κ2) is 12.6. The monoisotopic (exact) mass is 617 g/mol. The van der Waals surface area contributed by atoms with Crippen LogP contribution in [0.3, 0.4) is 0 Å². The summed E-state index contributed by atoms with van der Waals surface area (Å²) >= 11 is 15.6. The molecule has 3 rings (SSSR count). The van der Waals surface area contributed by atoms with Crippen molar-refractivity contribution in [2.45, 2.75) is 57.7 Å². The number of sulfonamides is 1. The molecule has 1 fully saturated rings.